The summed E-state index contributed by atoms with van der Waals surface area (Å²) in [6.07, 6.45) is 0.534. The lowest BCUT2D eigenvalue weighted by molar-refractivity contribution is -0.0160. The van der Waals surface area contributed by atoms with E-state index in [1.807, 2.05) is 6.92 Å². The van der Waals surface area contributed by atoms with Crippen molar-refractivity contribution in [2.45, 2.75) is 39.0 Å². The van der Waals surface area contributed by atoms with Crippen molar-refractivity contribution in [1.82, 2.24) is 5.32 Å². The molecule has 0 aliphatic carbocycles. The zero-order chi connectivity index (χ0) is 8.74. The van der Waals surface area contributed by atoms with Crippen LogP contribution in [0.1, 0.15) is 33.1 Å². The SMILES string of the molecule is CCCC(F)(F)CCNCC. The molecule has 0 amide bonds. The van der Waals surface area contributed by atoms with Gasteiger partial charge in [-0.25, -0.2) is 8.78 Å². The van der Waals surface area contributed by atoms with Gasteiger partial charge in [0.1, 0.15) is 0 Å². The maximum absolute atomic E-state index is 12.7. The summed E-state index contributed by atoms with van der Waals surface area (Å²) in [5.74, 6) is -2.46. The first kappa shape index (κ1) is 10.8. The molecule has 0 aromatic carbocycles. The molecule has 1 N–H and O–H groups in total. The van der Waals surface area contributed by atoms with Crippen molar-refractivity contribution in [3.8, 4) is 0 Å². The highest BCUT2D eigenvalue weighted by atomic mass is 19.3. The summed E-state index contributed by atoms with van der Waals surface area (Å²) in [4.78, 5) is 0. The molecule has 0 radical (unpaired) electrons. The predicted molar refractivity (Wildman–Crippen MR) is 43.0 cm³/mol. The minimum Gasteiger partial charge on any atom is -0.317 e. The molecule has 0 aliphatic heterocycles. The largest absolute Gasteiger partial charge is 0.317 e. The molecule has 0 aliphatic rings. The molecule has 0 saturated carbocycles. The van der Waals surface area contributed by atoms with Crippen LogP contribution in [0.2, 0.25) is 0 Å². The van der Waals surface area contributed by atoms with Crippen molar-refractivity contribution in [3.63, 3.8) is 0 Å². The highest BCUT2D eigenvalue weighted by molar-refractivity contribution is 4.66. The summed E-state index contributed by atoms with van der Waals surface area (Å²) in [5, 5.41) is 2.88. The molecule has 68 valence electrons. The van der Waals surface area contributed by atoms with Crippen LogP contribution in [0.3, 0.4) is 0 Å². The van der Waals surface area contributed by atoms with Crippen molar-refractivity contribution >= 4 is 0 Å². The van der Waals surface area contributed by atoms with E-state index in [1.165, 1.54) is 0 Å². The molecular formula is C8H17F2N. The summed E-state index contributed by atoms with van der Waals surface area (Å²) in [5.41, 5.74) is 0. The van der Waals surface area contributed by atoms with Crippen molar-refractivity contribution in [2.75, 3.05) is 13.1 Å². The van der Waals surface area contributed by atoms with Gasteiger partial charge in [0.25, 0.3) is 0 Å². The molecule has 0 spiro atoms. The topological polar surface area (TPSA) is 12.0 Å². The third kappa shape index (κ3) is 6.23. The standard InChI is InChI=1S/C8H17F2N/c1-3-5-8(9,10)6-7-11-4-2/h11H,3-7H2,1-2H3. The molecule has 0 unspecified atom stereocenters. The van der Waals surface area contributed by atoms with Crippen LogP contribution in [0, 0.1) is 0 Å². The highest BCUT2D eigenvalue weighted by Gasteiger charge is 2.26. The van der Waals surface area contributed by atoms with Crippen molar-refractivity contribution in [2.24, 2.45) is 0 Å². The van der Waals surface area contributed by atoms with E-state index in [4.69, 9.17) is 0 Å². The summed E-state index contributed by atoms with van der Waals surface area (Å²) < 4.78 is 25.4. The number of halogens is 2. The molecule has 1 nitrogen and oxygen atoms in total. The third-order valence-corrected chi connectivity index (χ3v) is 1.53. The van der Waals surface area contributed by atoms with Gasteiger partial charge in [0.15, 0.2) is 0 Å². The summed E-state index contributed by atoms with van der Waals surface area (Å²) in [6.45, 7) is 4.88. The Balaban J connectivity index is 3.38. The molecular weight excluding hydrogens is 148 g/mol. The molecule has 0 heterocycles. The second kappa shape index (κ2) is 5.47. The van der Waals surface area contributed by atoms with Crippen LogP contribution >= 0.6 is 0 Å². The van der Waals surface area contributed by atoms with E-state index in [-0.39, 0.29) is 12.8 Å². The molecule has 0 bridgehead atoms. The number of hydrogen-bond donors (Lipinski definition) is 1. The van der Waals surface area contributed by atoms with E-state index < -0.39 is 5.92 Å². The van der Waals surface area contributed by atoms with E-state index >= 15 is 0 Å². The molecule has 0 aromatic heterocycles. The van der Waals surface area contributed by atoms with Gasteiger partial charge in [0.2, 0.25) is 5.92 Å². The molecule has 3 heteroatoms. The lowest BCUT2D eigenvalue weighted by Crippen LogP contribution is -2.24. The van der Waals surface area contributed by atoms with Gasteiger partial charge in [-0.15, -0.1) is 0 Å². The first-order valence-corrected chi connectivity index (χ1v) is 4.21. The molecule has 11 heavy (non-hydrogen) atoms. The fraction of sp³-hybridized carbons (Fsp3) is 1.00. The van der Waals surface area contributed by atoms with E-state index in [9.17, 15) is 8.78 Å². The minimum absolute atomic E-state index is 0.0123. The van der Waals surface area contributed by atoms with Gasteiger partial charge < -0.3 is 5.32 Å². The Morgan fingerprint density at radius 3 is 2.27 bits per heavy atom. The Kier molecular flexibility index (Phi) is 5.38. The predicted octanol–water partition coefficient (Wildman–Crippen LogP) is 2.42. The number of hydrogen-bond acceptors (Lipinski definition) is 1. The van der Waals surface area contributed by atoms with Gasteiger partial charge in [-0.1, -0.05) is 20.3 Å². The highest BCUT2D eigenvalue weighted by Crippen LogP contribution is 2.23. The van der Waals surface area contributed by atoms with Gasteiger partial charge >= 0.3 is 0 Å². The molecule has 0 atom stereocenters. The Morgan fingerprint density at radius 1 is 1.18 bits per heavy atom. The average Bonchev–Trinajstić information content (AvgIpc) is 1.87. The zero-order valence-electron chi connectivity index (χ0n) is 7.29. The minimum atomic E-state index is -2.46. The number of rotatable bonds is 6. The fourth-order valence-corrected chi connectivity index (χ4v) is 0.939. The van der Waals surface area contributed by atoms with Crippen LogP contribution in [0.5, 0.6) is 0 Å². The quantitative estimate of drug-likeness (QED) is 0.596. The van der Waals surface area contributed by atoms with Crippen LogP contribution in [0.4, 0.5) is 8.78 Å². The first-order valence-electron chi connectivity index (χ1n) is 4.21. The second-order valence-electron chi connectivity index (χ2n) is 2.71. The van der Waals surface area contributed by atoms with E-state index in [0.29, 0.717) is 13.0 Å². The fourth-order valence-electron chi connectivity index (χ4n) is 0.939. The summed E-state index contributed by atoms with van der Waals surface area (Å²) in [7, 11) is 0. The smallest absolute Gasteiger partial charge is 0.249 e. The third-order valence-electron chi connectivity index (χ3n) is 1.53. The van der Waals surface area contributed by atoms with Crippen LogP contribution in [-0.2, 0) is 0 Å². The van der Waals surface area contributed by atoms with E-state index in [0.717, 1.165) is 6.54 Å². The lowest BCUT2D eigenvalue weighted by Gasteiger charge is -2.14. The van der Waals surface area contributed by atoms with Gasteiger partial charge in [0, 0.05) is 19.4 Å². The zero-order valence-corrected chi connectivity index (χ0v) is 7.29. The van der Waals surface area contributed by atoms with Gasteiger partial charge in [-0.05, 0) is 6.54 Å². The Bertz CT molecular complexity index is 94.1. The average molecular weight is 165 g/mol. The monoisotopic (exact) mass is 165 g/mol. The molecule has 0 aromatic rings. The Hall–Kier alpha value is -0.180. The van der Waals surface area contributed by atoms with Gasteiger partial charge in [-0.2, -0.15) is 0 Å². The molecule has 0 saturated heterocycles. The normalized spacial score (nSPS) is 12.0. The van der Waals surface area contributed by atoms with Gasteiger partial charge in [0.05, 0.1) is 0 Å². The maximum Gasteiger partial charge on any atom is 0.249 e. The Morgan fingerprint density at radius 2 is 1.82 bits per heavy atom. The molecule has 0 rings (SSSR count). The van der Waals surface area contributed by atoms with E-state index in [2.05, 4.69) is 5.32 Å². The summed E-state index contributed by atoms with van der Waals surface area (Å²) >= 11 is 0. The maximum atomic E-state index is 12.7. The number of nitrogens with one attached hydrogen (secondary N) is 1. The van der Waals surface area contributed by atoms with Crippen LogP contribution < -0.4 is 5.32 Å². The van der Waals surface area contributed by atoms with Gasteiger partial charge in [-0.3, -0.25) is 0 Å². The molecule has 0 fully saturated rings. The van der Waals surface area contributed by atoms with Crippen molar-refractivity contribution < 1.29 is 8.78 Å². The summed E-state index contributed by atoms with van der Waals surface area (Å²) in [6, 6.07) is 0. The van der Waals surface area contributed by atoms with Crippen LogP contribution in [0.25, 0.3) is 0 Å². The first-order chi connectivity index (χ1) is 5.12. The number of alkyl halides is 2. The van der Waals surface area contributed by atoms with E-state index in [1.54, 1.807) is 6.92 Å². The van der Waals surface area contributed by atoms with Crippen LogP contribution in [-0.4, -0.2) is 19.0 Å². The van der Waals surface area contributed by atoms with Crippen molar-refractivity contribution in [1.29, 1.82) is 0 Å². The Labute approximate surface area is 67.2 Å². The van der Waals surface area contributed by atoms with Crippen LogP contribution in [0.15, 0.2) is 0 Å². The lowest BCUT2D eigenvalue weighted by atomic mass is 10.1. The van der Waals surface area contributed by atoms with Crippen molar-refractivity contribution in [3.05, 3.63) is 0 Å². The second-order valence-corrected chi connectivity index (χ2v) is 2.71.